The number of halogens is 2. The summed E-state index contributed by atoms with van der Waals surface area (Å²) in [6.07, 6.45) is 3.99. The normalized spacial score (nSPS) is 25.5. The minimum atomic E-state index is -0.593. The molecule has 0 radical (unpaired) electrons. The molecule has 1 aromatic heterocycles. The number of hydrogen-bond donors (Lipinski definition) is 1. The lowest BCUT2D eigenvalue weighted by Crippen LogP contribution is -2.52. The van der Waals surface area contributed by atoms with Gasteiger partial charge in [0.2, 0.25) is 5.28 Å². The van der Waals surface area contributed by atoms with Crippen LogP contribution >= 0.6 is 11.6 Å². The Balaban J connectivity index is 1.68. The van der Waals surface area contributed by atoms with Crippen LogP contribution in [0.1, 0.15) is 25.7 Å². The lowest BCUT2D eigenvalue weighted by atomic mass is 9.61. The van der Waals surface area contributed by atoms with E-state index in [1.807, 2.05) is 0 Å². The number of nitrogens with zero attached hydrogens (tertiary/aromatic N) is 2. The van der Waals surface area contributed by atoms with Crippen molar-refractivity contribution in [2.24, 2.45) is 17.8 Å². The highest BCUT2D eigenvalue weighted by atomic mass is 35.5. The van der Waals surface area contributed by atoms with Gasteiger partial charge in [-0.25, -0.2) is 9.37 Å². The van der Waals surface area contributed by atoms with Crippen LogP contribution in [0.25, 0.3) is 11.3 Å². The number of fused-ring (bicyclic) bond motifs is 3. The zero-order chi connectivity index (χ0) is 20.5. The maximum absolute atomic E-state index is 15.3. The summed E-state index contributed by atoms with van der Waals surface area (Å²) >= 11 is 6.11. The molecule has 2 unspecified atom stereocenters. The Morgan fingerprint density at radius 2 is 1.76 bits per heavy atom. The molecule has 6 nitrogen and oxygen atoms in total. The fraction of sp³-hybridized carbons (Fsp3) is 0.476. The summed E-state index contributed by atoms with van der Waals surface area (Å²) in [5.74, 6) is 0.0182. The van der Waals surface area contributed by atoms with Crippen LogP contribution in [-0.2, 0) is 9.53 Å². The second-order valence-electron chi connectivity index (χ2n) is 7.63. The molecule has 0 spiro atoms. The van der Waals surface area contributed by atoms with E-state index in [4.69, 9.17) is 21.1 Å². The van der Waals surface area contributed by atoms with Gasteiger partial charge in [-0.1, -0.05) is 0 Å². The van der Waals surface area contributed by atoms with Crippen molar-refractivity contribution in [1.82, 2.24) is 9.97 Å². The Kier molecular flexibility index (Phi) is 5.58. The number of carbonyl (C=O) groups is 1. The van der Waals surface area contributed by atoms with E-state index in [-0.39, 0.29) is 46.6 Å². The summed E-state index contributed by atoms with van der Waals surface area (Å²) < 4.78 is 25.5. The molecule has 29 heavy (non-hydrogen) atoms. The van der Waals surface area contributed by atoms with E-state index in [2.05, 4.69) is 15.3 Å². The topological polar surface area (TPSA) is 73.3 Å². The molecule has 2 atom stereocenters. The summed E-state index contributed by atoms with van der Waals surface area (Å²) in [5, 5.41) is 3.12. The average molecular weight is 420 g/mol. The molecular weight excluding hydrogens is 397 g/mol. The van der Waals surface area contributed by atoms with Gasteiger partial charge in [-0.2, -0.15) is 4.98 Å². The van der Waals surface area contributed by atoms with Gasteiger partial charge in [0.1, 0.15) is 11.4 Å². The van der Waals surface area contributed by atoms with E-state index in [0.29, 0.717) is 11.3 Å². The van der Waals surface area contributed by atoms with E-state index >= 15 is 4.39 Å². The van der Waals surface area contributed by atoms with Gasteiger partial charge < -0.3 is 14.8 Å². The van der Waals surface area contributed by atoms with Crippen molar-refractivity contribution in [1.29, 1.82) is 0 Å². The Bertz CT molecular complexity index is 901. The highest BCUT2D eigenvalue weighted by Crippen LogP contribution is 2.47. The first kappa shape index (κ1) is 19.9. The summed E-state index contributed by atoms with van der Waals surface area (Å²) in [4.78, 5) is 20.6. The number of benzene rings is 1. The van der Waals surface area contributed by atoms with Gasteiger partial charge in [-0.05, 0) is 73.4 Å². The van der Waals surface area contributed by atoms with E-state index in [9.17, 15) is 4.79 Å². The van der Waals surface area contributed by atoms with Gasteiger partial charge in [0.05, 0.1) is 20.1 Å². The standard InChI is InChI=1S/C21H23ClFN3O3/c1-28-14-9-7-13(8-10-14)18-16(23)19(26-21(22)25-18)24-17-12-5-3-11(4-6-12)15(17)20(27)29-2/h7-12,15,17H,3-6H2,1-2H3,(H,24,25,26). The first-order valence-corrected chi connectivity index (χ1v) is 10.1. The average Bonchev–Trinajstić information content (AvgIpc) is 2.76. The molecule has 154 valence electrons. The maximum Gasteiger partial charge on any atom is 0.311 e. The summed E-state index contributed by atoms with van der Waals surface area (Å²) in [6.45, 7) is 0. The predicted molar refractivity (Wildman–Crippen MR) is 107 cm³/mol. The Morgan fingerprint density at radius 3 is 2.38 bits per heavy atom. The van der Waals surface area contributed by atoms with Crippen molar-refractivity contribution < 1.29 is 18.7 Å². The first-order valence-electron chi connectivity index (χ1n) is 9.73. The molecule has 1 aromatic carbocycles. The van der Waals surface area contributed by atoms with Crippen LogP contribution < -0.4 is 10.1 Å². The fourth-order valence-electron chi connectivity index (χ4n) is 4.75. The zero-order valence-electron chi connectivity index (χ0n) is 16.3. The highest BCUT2D eigenvalue weighted by Gasteiger charge is 2.48. The van der Waals surface area contributed by atoms with Crippen molar-refractivity contribution in [2.45, 2.75) is 31.7 Å². The molecule has 2 aromatic rings. The van der Waals surface area contributed by atoms with Crippen molar-refractivity contribution in [3.63, 3.8) is 0 Å². The minimum absolute atomic E-state index is 0.0160. The van der Waals surface area contributed by atoms with Crippen molar-refractivity contribution in [3.8, 4) is 17.0 Å². The molecule has 0 aliphatic heterocycles. The third-order valence-corrected chi connectivity index (χ3v) is 6.35. The number of anilines is 1. The molecule has 2 bridgehead atoms. The predicted octanol–water partition coefficient (Wildman–Crippen LogP) is 4.33. The van der Waals surface area contributed by atoms with Crippen LogP contribution in [0.3, 0.4) is 0 Å². The zero-order valence-corrected chi connectivity index (χ0v) is 17.1. The van der Waals surface area contributed by atoms with Gasteiger partial charge in [-0.15, -0.1) is 0 Å². The van der Waals surface area contributed by atoms with Crippen LogP contribution in [0.15, 0.2) is 24.3 Å². The quantitative estimate of drug-likeness (QED) is 0.574. The van der Waals surface area contributed by atoms with Gasteiger partial charge in [0.25, 0.3) is 0 Å². The summed E-state index contributed by atoms with van der Waals surface area (Å²) in [7, 11) is 2.96. The Morgan fingerprint density at radius 1 is 1.10 bits per heavy atom. The van der Waals surface area contributed by atoms with Crippen LogP contribution in [0, 0.1) is 23.6 Å². The molecule has 3 aliphatic carbocycles. The largest absolute Gasteiger partial charge is 0.497 e. The number of methoxy groups -OCH3 is 2. The van der Waals surface area contributed by atoms with Gasteiger partial charge in [0, 0.05) is 11.6 Å². The number of rotatable bonds is 5. The number of hydrogen-bond acceptors (Lipinski definition) is 6. The second kappa shape index (κ2) is 8.14. The number of ether oxygens (including phenoxy) is 2. The van der Waals surface area contributed by atoms with Gasteiger partial charge >= 0.3 is 5.97 Å². The number of esters is 1. The fourth-order valence-corrected chi connectivity index (χ4v) is 4.91. The molecule has 3 aliphatic rings. The van der Waals surface area contributed by atoms with E-state index in [1.165, 1.54) is 7.11 Å². The van der Waals surface area contributed by atoms with Crippen LogP contribution in [0.2, 0.25) is 5.28 Å². The molecule has 0 amide bonds. The Labute approximate surface area is 173 Å². The number of aromatic nitrogens is 2. The third-order valence-electron chi connectivity index (χ3n) is 6.18. The SMILES string of the molecule is COC(=O)C1C2CCC(CC2)C1Nc1nc(Cl)nc(-c2ccc(OC)cc2)c1F. The van der Waals surface area contributed by atoms with E-state index in [1.54, 1.807) is 31.4 Å². The highest BCUT2D eigenvalue weighted by molar-refractivity contribution is 6.28. The van der Waals surface area contributed by atoms with E-state index < -0.39 is 5.82 Å². The lowest BCUT2D eigenvalue weighted by Gasteiger charge is -2.47. The van der Waals surface area contributed by atoms with Crippen LogP contribution in [0.4, 0.5) is 10.2 Å². The molecule has 3 fully saturated rings. The molecule has 3 saturated carbocycles. The second-order valence-corrected chi connectivity index (χ2v) is 7.96. The molecular formula is C21H23ClFN3O3. The van der Waals surface area contributed by atoms with Gasteiger partial charge in [-0.3, -0.25) is 4.79 Å². The molecule has 8 heteroatoms. The Hall–Kier alpha value is -2.41. The lowest BCUT2D eigenvalue weighted by molar-refractivity contribution is -0.152. The molecule has 1 heterocycles. The van der Waals surface area contributed by atoms with Gasteiger partial charge in [0.15, 0.2) is 11.6 Å². The third kappa shape index (κ3) is 3.75. The smallest absolute Gasteiger partial charge is 0.311 e. The molecule has 1 N–H and O–H groups in total. The monoisotopic (exact) mass is 419 g/mol. The summed E-state index contributed by atoms with van der Waals surface area (Å²) in [5.41, 5.74) is 0.663. The van der Waals surface area contributed by atoms with Crippen LogP contribution in [-0.4, -0.2) is 36.2 Å². The van der Waals surface area contributed by atoms with Crippen molar-refractivity contribution in [2.75, 3.05) is 19.5 Å². The van der Waals surface area contributed by atoms with Crippen LogP contribution in [0.5, 0.6) is 5.75 Å². The first-order chi connectivity index (χ1) is 14.0. The van der Waals surface area contributed by atoms with E-state index in [0.717, 1.165) is 25.7 Å². The molecule has 5 rings (SSSR count). The summed E-state index contributed by atoms with van der Waals surface area (Å²) in [6, 6.07) is 6.64. The maximum atomic E-state index is 15.3. The van der Waals surface area contributed by atoms with Crippen molar-refractivity contribution >= 4 is 23.4 Å². The minimum Gasteiger partial charge on any atom is -0.497 e. The molecule has 0 saturated heterocycles. The number of carbonyl (C=O) groups excluding carboxylic acids is 1. The van der Waals surface area contributed by atoms with Crippen molar-refractivity contribution in [3.05, 3.63) is 35.4 Å². The number of nitrogens with one attached hydrogen (secondary N) is 1.